The minimum absolute atomic E-state index is 0.0285. The van der Waals surface area contributed by atoms with Gasteiger partial charge in [-0.2, -0.15) is 0 Å². The molecule has 1 heterocycles. The van der Waals surface area contributed by atoms with Gasteiger partial charge in [-0.15, -0.1) is 0 Å². The van der Waals surface area contributed by atoms with Crippen molar-refractivity contribution in [3.63, 3.8) is 0 Å². The Hall–Kier alpha value is -2.86. The van der Waals surface area contributed by atoms with Crippen molar-refractivity contribution in [3.8, 4) is 17.2 Å². The number of phenolic OH excluding ortho intramolecular Hbond substituents is 2. The summed E-state index contributed by atoms with van der Waals surface area (Å²) in [7, 11) is 0. The van der Waals surface area contributed by atoms with Crippen LogP contribution in [0.3, 0.4) is 0 Å². The summed E-state index contributed by atoms with van der Waals surface area (Å²) >= 11 is 0. The van der Waals surface area contributed by atoms with E-state index in [0.29, 0.717) is 24.5 Å². The molecule has 2 aliphatic rings. The number of epoxide rings is 1. The fourth-order valence-corrected chi connectivity index (χ4v) is 2.91. The predicted octanol–water partition coefficient (Wildman–Crippen LogP) is 1.96. The second kappa shape index (κ2) is 5.07. The molecule has 2 N–H and O–H groups in total. The minimum atomic E-state index is -0.577. The molecular formula is C18H14O6. The lowest BCUT2D eigenvalue weighted by atomic mass is 9.82. The summed E-state index contributed by atoms with van der Waals surface area (Å²) in [6, 6.07) is 5.71. The van der Waals surface area contributed by atoms with Gasteiger partial charge in [0.15, 0.2) is 5.78 Å². The second-order valence-corrected chi connectivity index (χ2v) is 6.00. The van der Waals surface area contributed by atoms with Crippen LogP contribution in [0.4, 0.5) is 0 Å². The molecule has 0 unspecified atom stereocenters. The number of ketones is 2. The number of aromatic hydroxyl groups is 2. The molecular weight excluding hydrogens is 312 g/mol. The van der Waals surface area contributed by atoms with Crippen LogP contribution in [0.5, 0.6) is 17.2 Å². The second-order valence-electron chi connectivity index (χ2n) is 6.00. The summed E-state index contributed by atoms with van der Waals surface area (Å²) < 4.78 is 10.5. The smallest absolute Gasteiger partial charge is 0.201 e. The monoisotopic (exact) mass is 326 g/mol. The Morgan fingerprint density at radius 2 is 1.67 bits per heavy atom. The van der Waals surface area contributed by atoms with E-state index < -0.39 is 11.6 Å². The van der Waals surface area contributed by atoms with E-state index in [0.717, 1.165) is 0 Å². The van der Waals surface area contributed by atoms with Gasteiger partial charge in [-0.3, -0.25) is 9.59 Å². The maximum atomic E-state index is 12.8. The number of hydrogen-bond acceptors (Lipinski definition) is 6. The SMILES string of the molecule is Cc1cc(O)c2c(c1)C(=O)c1cc(OC[C@H]3CO3)cc(O)c1C2=O. The maximum absolute atomic E-state index is 12.8. The molecule has 122 valence electrons. The molecule has 6 nitrogen and oxygen atoms in total. The quantitative estimate of drug-likeness (QED) is 0.714. The molecule has 0 radical (unpaired) electrons. The van der Waals surface area contributed by atoms with Gasteiger partial charge in [-0.25, -0.2) is 0 Å². The maximum Gasteiger partial charge on any atom is 0.201 e. The molecule has 2 aromatic carbocycles. The number of carbonyl (C=O) groups is 2. The number of rotatable bonds is 3. The fourth-order valence-electron chi connectivity index (χ4n) is 2.91. The molecule has 0 saturated carbocycles. The topological polar surface area (TPSA) is 96.4 Å². The average Bonchev–Trinajstić information content (AvgIpc) is 3.33. The van der Waals surface area contributed by atoms with E-state index in [1.54, 1.807) is 13.0 Å². The van der Waals surface area contributed by atoms with E-state index in [1.807, 2.05) is 0 Å². The van der Waals surface area contributed by atoms with Gasteiger partial charge >= 0.3 is 0 Å². The highest BCUT2D eigenvalue weighted by atomic mass is 16.6. The van der Waals surface area contributed by atoms with Crippen molar-refractivity contribution in [2.75, 3.05) is 13.2 Å². The third-order valence-corrected chi connectivity index (χ3v) is 4.13. The number of ether oxygens (including phenoxy) is 2. The molecule has 0 aromatic heterocycles. The number of hydrogen-bond donors (Lipinski definition) is 2. The van der Waals surface area contributed by atoms with Crippen LogP contribution in [0.15, 0.2) is 24.3 Å². The van der Waals surface area contributed by atoms with Crippen molar-refractivity contribution in [2.24, 2.45) is 0 Å². The van der Waals surface area contributed by atoms with E-state index in [4.69, 9.17) is 9.47 Å². The molecule has 1 atom stereocenters. The van der Waals surface area contributed by atoms with Crippen LogP contribution in [0.2, 0.25) is 0 Å². The molecule has 0 spiro atoms. The lowest BCUT2D eigenvalue weighted by Gasteiger charge is -2.20. The van der Waals surface area contributed by atoms with Gasteiger partial charge in [0.2, 0.25) is 5.78 Å². The molecule has 2 aromatic rings. The van der Waals surface area contributed by atoms with Crippen LogP contribution >= 0.6 is 0 Å². The van der Waals surface area contributed by atoms with Crippen molar-refractivity contribution in [1.82, 2.24) is 0 Å². The minimum Gasteiger partial charge on any atom is -0.507 e. The first kappa shape index (κ1) is 14.7. The summed E-state index contributed by atoms with van der Waals surface area (Å²) in [4.78, 5) is 25.4. The summed E-state index contributed by atoms with van der Waals surface area (Å²) in [5, 5.41) is 20.3. The number of phenols is 2. The molecule has 0 bridgehead atoms. The number of aryl methyl sites for hydroxylation is 1. The molecule has 6 heteroatoms. The van der Waals surface area contributed by atoms with Gasteiger partial charge in [0, 0.05) is 17.2 Å². The molecule has 4 rings (SSSR count). The fraction of sp³-hybridized carbons (Fsp3) is 0.222. The van der Waals surface area contributed by atoms with Gasteiger partial charge in [0.1, 0.15) is 30.0 Å². The van der Waals surface area contributed by atoms with Gasteiger partial charge in [-0.1, -0.05) is 0 Å². The number of fused-ring (bicyclic) bond motifs is 2. The molecule has 24 heavy (non-hydrogen) atoms. The lowest BCUT2D eigenvalue weighted by Crippen LogP contribution is -2.21. The van der Waals surface area contributed by atoms with Crippen molar-refractivity contribution in [3.05, 3.63) is 52.1 Å². The first-order valence-electron chi connectivity index (χ1n) is 7.50. The lowest BCUT2D eigenvalue weighted by molar-refractivity contribution is 0.0973. The van der Waals surface area contributed by atoms with Crippen LogP contribution < -0.4 is 4.74 Å². The highest BCUT2D eigenvalue weighted by Crippen LogP contribution is 2.39. The zero-order valence-corrected chi connectivity index (χ0v) is 12.8. The van der Waals surface area contributed by atoms with E-state index in [-0.39, 0.29) is 39.9 Å². The molecule has 1 aliphatic heterocycles. The van der Waals surface area contributed by atoms with E-state index >= 15 is 0 Å². The largest absolute Gasteiger partial charge is 0.507 e. The van der Waals surface area contributed by atoms with Crippen LogP contribution in [0.25, 0.3) is 0 Å². The highest BCUT2D eigenvalue weighted by molar-refractivity contribution is 6.30. The van der Waals surface area contributed by atoms with Crippen molar-refractivity contribution in [1.29, 1.82) is 0 Å². The number of carbonyl (C=O) groups excluding carboxylic acids is 2. The van der Waals surface area contributed by atoms with Crippen molar-refractivity contribution < 1.29 is 29.3 Å². The Morgan fingerprint density at radius 3 is 2.33 bits per heavy atom. The van der Waals surface area contributed by atoms with E-state index in [9.17, 15) is 19.8 Å². The van der Waals surface area contributed by atoms with Gasteiger partial charge in [0.05, 0.1) is 17.7 Å². The molecule has 0 amide bonds. The Kier molecular flexibility index (Phi) is 3.11. The highest BCUT2D eigenvalue weighted by Gasteiger charge is 2.35. The van der Waals surface area contributed by atoms with Gasteiger partial charge < -0.3 is 19.7 Å². The average molecular weight is 326 g/mol. The normalized spacial score (nSPS) is 18.1. The Morgan fingerprint density at radius 1 is 1.04 bits per heavy atom. The zero-order valence-electron chi connectivity index (χ0n) is 12.8. The van der Waals surface area contributed by atoms with Gasteiger partial charge in [0.25, 0.3) is 0 Å². The third kappa shape index (κ3) is 2.23. The third-order valence-electron chi connectivity index (χ3n) is 4.13. The van der Waals surface area contributed by atoms with Crippen molar-refractivity contribution in [2.45, 2.75) is 13.0 Å². The van der Waals surface area contributed by atoms with Crippen LogP contribution in [-0.4, -0.2) is 41.1 Å². The Labute approximate surface area is 137 Å². The van der Waals surface area contributed by atoms with E-state index in [2.05, 4.69) is 0 Å². The molecule has 1 fully saturated rings. The molecule has 1 aliphatic carbocycles. The van der Waals surface area contributed by atoms with Crippen LogP contribution in [-0.2, 0) is 4.74 Å². The Bertz CT molecular complexity index is 895. The Balaban J connectivity index is 1.83. The zero-order chi connectivity index (χ0) is 17.0. The van der Waals surface area contributed by atoms with Gasteiger partial charge in [-0.05, 0) is 30.7 Å². The first-order valence-corrected chi connectivity index (χ1v) is 7.50. The predicted molar refractivity (Wildman–Crippen MR) is 83.1 cm³/mol. The number of benzene rings is 2. The van der Waals surface area contributed by atoms with Crippen LogP contribution in [0, 0.1) is 6.92 Å². The van der Waals surface area contributed by atoms with E-state index in [1.165, 1.54) is 18.2 Å². The molecule has 1 saturated heterocycles. The summed E-state index contributed by atoms with van der Waals surface area (Å²) in [5.74, 6) is -1.32. The van der Waals surface area contributed by atoms with Crippen LogP contribution in [0.1, 0.15) is 37.4 Å². The summed E-state index contributed by atoms with van der Waals surface area (Å²) in [6.07, 6.45) is 0.0285. The standard InChI is InChI=1S/C18H14O6/c1-8-2-11-15(13(19)3-8)18(22)16-12(17(11)21)4-9(5-14(16)20)23-6-10-7-24-10/h2-5,10,19-20H,6-7H2,1H3/t10-/m0/s1. The van der Waals surface area contributed by atoms with Crippen molar-refractivity contribution >= 4 is 11.6 Å². The first-order chi connectivity index (χ1) is 11.5. The summed E-state index contributed by atoms with van der Waals surface area (Å²) in [5.41, 5.74) is 0.685. The summed E-state index contributed by atoms with van der Waals surface area (Å²) in [6.45, 7) is 2.66.